The maximum atomic E-state index is 12.5. The average Bonchev–Trinajstić information content (AvgIpc) is 2.54. The Bertz CT molecular complexity index is 771. The maximum Gasteiger partial charge on any atom is 0.416 e. The first kappa shape index (κ1) is 17.3. The molecule has 126 valence electrons. The summed E-state index contributed by atoms with van der Waals surface area (Å²) in [7, 11) is 1.34. The third kappa shape index (κ3) is 3.65. The van der Waals surface area contributed by atoms with Crippen LogP contribution in [0.15, 0.2) is 42.5 Å². The Hall–Kier alpha value is -3.03. The third-order valence-electron chi connectivity index (χ3n) is 3.22. The lowest BCUT2D eigenvalue weighted by atomic mass is 10.1. The Morgan fingerprint density at radius 1 is 1.08 bits per heavy atom. The van der Waals surface area contributed by atoms with Crippen molar-refractivity contribution in [2.24, 2.45) is 5.73 Å². The fourth-order valence-corrected chi connectivity index (χ4v) is 2.03. The number of alkyl halides is 3. The SMILES string of the molecule is COc1cccc(C(N)=O)c1NC(=O)c1ccc(C(F)(F)F)cc1. The van der Waals surface area contributed by atoms with Crippen LogP contribution >= 0.6 is 0 Å². The number of primary amides is 1. The number of benzene rings is 2. The summed E-state index contributed by atoms with van der Waals surface area (Å²) in [5.41, 5.74) is 4.45. The van der Waals surface area contributed by atoms with Crippen molar-refractivity contribution < 1.29 is 27.5 Å². The van der Waals surface area contributed by atoms with Gasteiger partial charge in [0.25, 0.3) is 11.8 Å². The maximum absolute atomic E-state index is 12.5. The lowest BCUT2D eigenvalue weighted by Crippen LogP contribution is -2.19. The standard InChI is InChI=1S/C16H13F3N2O3/c1-24-12-4-2-3-11(14(20)22)13(12)21-15(23)9-5-7-10(8-6-9)16(17,18)19/h2-8H,1H3,(H2,20,22)(H,21,23). The summed E-state index contributed by atoms with van der Waals surface area (Å²) in [6, 6.07) is 8.10. The zero-order valence-corrected chi connectivity index (χ0v) is 12.5. The van der Waals surface area contributed by atoms with Crippen LogP contribution in [0.2, 0.25) is 0 Å². The zero-order valence-electron chi connectivity index (χ0n) is 12.5. The molecule has 0 heterocycles. The van der Waals surface area contributed by atoms with Gasteiger partial charge in [-0.05, 0) is 36.4 Å². The quantitative estimate of drug-likeness (QED) is 0.899. The Kier molecular flexibility index (Phi) is 4.77. The van der Waals surface area contributed by atoms with E-state index >= 15 is 0 Å². The van der Waals surface area contributed by atoms with E-state index < -0.39 is 23.6 Å². The minimum Gasteiger partial charge on any atom is -0.495 e. The van der Waals surface area contributed by atoms with Crippen LogP contribution in [0.5, 0.6) is 5.75 Å². The molecule has 0 radical (unpaired) electrons. The Morgan fingerprint density at radius 3 is 2.21 bits per heavy atom. The molecule has 0 bridgehead atoms. The minimum atomic E-state index is -4.49. The van der Waals surface area contributed by atoms with E-state index in [0.29, 0.717) is 0 Å². The first-order valence-corrected chi connectivity index (χ1v) is 6.69. The molecule has 0 aliphatic heterocycles. The van der Waals surface area contributed by atoms with Crippen LogP contribution < -0.4 is 15.8 Å². The van der Waals surface area contributed by atoms with E-state index in [-0.39, 0.29) is 22.6 Å². The van der Waals surface area contributed by atoms with Crippen LogP contribution in [0.1, 0.15) is 26.3 Å². The summed E-state index contributed by atoms with van der Waals surface area (Å²) in [4.78, 5) is 23.7. The van der Waals surface area contributed by atoms with Gasteiger partial charge >= 0.3 is 6.18 Å². The highest BCUT2D eigenvalue weighted by Crippen LogP contribution is 2.30. The van der Waals surface area contributed by atoms with Gasteiger partial charge in [-0.1, -0.05) is 6.07 Å². The molecule has 0 aliphatic rings. The first-order valence-electron chi connectivity index (χ1n) is 6.69. The number of methoxy groups -OCH3 is 1. The van der Waals surface area contributed by atoms with E-state index in [1.165, 1.54) is 25.3 Å². The first-order chi connectivity index (χ1) is 11.2. The van der Waals surface area contributed by atoms with Gasteiger partial charge in [0.05, 0.1) is 23.9 Å². The van der Waals surface area contributed by atoms with Crippen LogP contribution in [-0.2, 0) is 6.18 Å². The Balaban J connectivity index is 2.32. The van der Waals surface area contributed by atoms with Gasteiger partial charge in [0, 0.05) is 5.56 Å². The molecule has 5 nitrogen and oxygen atoms in total. The van der Waals surface area contributed by atoms with Gasteiger partial charge in [-0.15, -0.1) is 0 Å². The number of rotatable bonds is 4. The van der Waals surface area contributed by atoms with E-state index in [4.69, 9.17) is 10.5 Å². The monoisotopic (exact) mass is 338 g/mol. The summed E-state index contributed by atoms with van der Waals surface area (Å²) < 4.78 is 42.7. The van der Waals surface area contributed by atoms with E-state index in [1.807, 2.05) is 0 Å². The number of carbonyl (C=O) groups excluding carboxylic acids is 2. The predicted octanol–water partition coefficient (Wildman–Crippen LogP) is 3.07. The van der Waals surface area contributed by atoms with Crippen molar-refractivity contribution in [3.8, 4) is 5.75 Å². The highest BCUT2D eigenvalue weighted by molar-refractivity contribution is 6.09. The molecule has 0 unspecified atom stereocenters. The molecular weight excluding hydrogens is 325 g/mol. The Labute approximate surface area is 135 Å². The second-order valence-corrected chi connectivity index (χ2v) is 4.78. The summed E-state index contributed by atoms with van der Waals surface area (Å²) in [6.07, 6.45) is -4.49. The van der Waals surface area contributed by atoms with Crippen LogP contribution in [0.25, 0.3) is 0 Å². The van der Waals surface area contributed by atoms with Gasteiger partial charge in [-0.3, -0.25) is 9.59 Å². The van der Waals surface area contributed by atoms with Crippen molar-refractivity contribution in [2.75, 3.05) is 12.4 Å². The van der Waals surface area contributed by atoms with Crippen molar-refractivity contribution in [3.05, 3.63) is 59.2 Å². The van der Waals surface area contributed by atoms with E-state index in [0.717, 1.165) is 24.3 Å². The number of halogens is 3. The van der Waals surface area contributed by atoms with Crippen molar-refractivity contribution in [2.45, 2.75) is 6.18 Å². The lowest BCUT2D eigenvalue weighted by Gasteiger charge is -2.13. The molecule has 0 aliphatic carbocycles. The topological polar surface area (TPSA) is 81.4 Å². The molecule has 0 saturated carbocycles. The summed E-state index contributed by atoms with van der Waals surface area (Å²) >= 11 is 0. The van der Waals surface area contributed by atoms with Gasteiger partial charge in [0.15, 0.2) is 0 Å². The van der Waals surface area contributed by atoms with Gasteiger partial charge in [0.2, 0.25) is 0 Å². The number of anilines is 1. The molecule has 0 saturated heterocycles. The molecule has 0 spiro atoms. The minimum absolute atomic E-state index is 0.00988. The second-order valence-electron chi connectivity index (χ2n) is 4.78. The van der Waals surface area contributed by atoms with Crippen molar-refractivity contribution >= 4 is 17.5 Å². The molecule has 0 atom stereocenters. The molecule has 2 aromatic rings. The van der Waals surface area contributed by atoms with Gasteiger partial charge < -0.3 is 15.8 Å². The highest BCUT2D eigenvalue weighted by atomic mass is 19.4. The summed E-state index contributed by atoms with van der Waals surface area (Å²) in [5, 5.41) is 2.44. The number of hydrogen-bond acceptors (Lipinski definition) is 3. The normalized spacial score (nSPS) is 11.0. The van der Waals surface area contributed by atoms with Crippen molar-refractivity contribution in [3.63, 3.8) is 0 Å². The summed E-state index contributed by atoms with van der Waals surface area (Å²) in [5.74, 6) is -1.28. The van der Waals surface area contributed by atoms with Crippen LogP contribution in [0.4, 0.5) is 18.9 Å². The highest BCUT2D eigenvalue weighted by Gasteiger charge is 2.30. The third-order valence-corrected chi connectivity index (χ3v) is 3.22. The van der Waals surface area contributed by atoms with Gasteiger partial charge in [0.1, 0.15) is 5.75 Å². The number of carbonyl (C=O) groups is 2. The predicted molar refractivity (Wildman–Crippen MR) is 80.9 cm³/mol. The number of nitrogens with one attached hydrogen (secondary N) is 1. The fourth-order valence-electron chi connectivity index (χ4n) is 2.03. The number of amides is 2. The van der Waals surface area contributed by atoms with E-state index in [1.54, 1.807) is 0 Å². The van der Waals surface area contributed by atoms with Crippen LogP contribution in [0, 0.1) is 0 Å². The molecule has 8 heteroatoms. The molecule has 0 fully saturated rings. The largest absolute Gasteiger partial charge is 0.495 e. The molecule has 0 aromatic heterocycles. The molecule has 3 N–H and O–H groups in total. The average molecular weight is 338 g/mol. The molecule has 2 aromatic carbocycles. The van der Waals surface area contributed by atoms with E-state index in [2.05, 4.69) is 5.32 Å². The zero-order chi connectivity index (χ0) is 17.9. The van der Waals surface area contributed by atoms with Gasteiger partial charge in [-0.2, -0.15) is 13.2 Å². The van der Waals surface area contributed by atoms with Crippen LogP contribution in [-0.4, -0.2) is 18.9 Å². The Morgan fingerprint density at radius 2 is 1.71 bits per heavy atom. The van der Waals surface area contributed by atoms with Gasteiger partial charge in [-0.25, -0.2) is 0 Å². The number of nitrogens with two attached hydrogens (primary N) is 1. The number of hydrogen-bond donors (Lipinski definition) is 2. The second kappa shape index (κ2) is 6.61. The molecule has 2 rings (SSSR count). The fraction of sp³-hybridized carbons (Fsp3) is 0.125. The summed E-state index contributed by atoms with van der Waals surface area (Å²) in [6.45, 7) is 0. The molecule has 24 heavy (non-hydrogen) atoms. The smallest absolute Gasteiger partial charge is 0.416 e. The molecule has 2 amide bonds. The lowest BCUT2D eigenvalue weighted by molar-refractivity contribution is -0.137. The van der Waals surface area contributed by atoms with E-state index in [9.17, 15) is 22.8 Å². The number of para-hydroxylation sites is 1. The van der Waals surface area contributed by atoms with Crippen LogP contribution in [0.3, 0.4) is 0 Å². The number of ether oxygens (including phenoxy) is 1. The molecular formula is C16H13F3N2O3. The van der Waals surface area contributed by atoms with Crippen molar-refractivity contribution in [1.82, 2.24) is 0 Å². The van der Waals surface area contributed by atoms with Crippen molar-refractivity contribution in [1.29, 1.82) is 0 Å².